The van der Waals surface area contributed by atoms with Gasteiger partial charge in [-0.3, -0.25) is 18.3 Å². The number of nitrogens with zero attached hydrogens (tertiary/aromatic N) is 2. The lowest BCUT2D eigenvalue weighted by Crippen LogP contribution is -2.21. The molecule has 28 heavy (non-hydrogen) atoms. The number of anilines is 3. The van der Waals surface area contributed by atoms with Gasteiger partial charge < -0.3 is 9.87 Å². The summed E-state index contributed by atoms with van der Waals surface area (Å²) in [5.74, 6) is -0.953. The summed E-state index contributed by atoms with van der Waals surface area (Å²) in [5, 5.41) is 2.76. The Morgan fingerprint density at radius 3 is 2.57 bits per heavy atom. The molecule has 0 bridgehead atoms. The molecule has 0 saturated carbocycles. The summed E-state index contributed by atoms with van der Waals surface area (Å²) >= 11 is 3.40. The third-order valence-electron chi connectivity index (χ3n) is 3.78. The minimum absolute atomic E-state index is 0.0857. The van der Waals surface area contributed by atoms with Crippen molar-refractivity contribution in [2.24, 2.45) is 0 Å². The van der Waals surface area contributed by atoms with E-state index in [0.29, 0.717) is 16.8 Å². The molecular weight excluding hydrogens is 405 g/mol. The summed E-state index contributed by atoms with van der Waals surface area (Å²) in [6, 6.07) is 11.9. The van der Waals surface area contributed by atoms with Crippen molar-refractivity contribution in [1.82, 2.24) is 4.98 Å². The van der Waals surface area contributed by atoms with Crippen molar-refractivity contribution in [1.29, 1.82) is 0 Å². The molecule has 1 N–H and O–H groups in total. The predicted octanol–water partition coefficient (Wildman–Crippen LogP) is 4.43. The number of aromatic nitrogens is 1. The number of hydrogen-bond acceptors (Lipinski definition) is 4. The second-order valence-electron chi connectivity index (χ2n) is 5.77. The number of pyridine rings is 1. The summed E-state index contributed by atoms with van der Waals surface area (Å²) in [4.78, 5) is 15.3. The van der Waals surface area contributed by atoms with Crippen LogP contribution in [-0.4, -0.2) is 19.7 Å². The monoisotopic (exact) mass is 418 g/mol. The minimum atomic E-state index is -2.82. The molecule has 1 heterocycles. The van der Waals surface area contributed by atoms with Crippen LogP contribution in [0.4, 0.5) is 21.5 Å². The Labute approximate surface area is 168 Å². The molecule has 0 fully saturated rings. The molecule has 2 aromatic carbocycles. The molecule has 0 spiro atoms. The summed E-state index contributed by atoms with van der Waals surface area (Å²) < 4.78 is 38.7. The molecule has 0 radical (unpaired) electrons. The van der Waals surface area contributed by atoms with Crippen LogP contribution in [0.25, 0.3) is 11.1 Å². The number of hydrogen-bond donors (Lipinski definition) is 1. The van der Waals surface area contributed by atoms with Gasteiger partial charge in [-0.05, 0) is 35.9 Å². The minimum Gasteiger partial charge on any atom is -0.755 e. The average Bonchev–Trinajstić information content (AvgIpc) is 2.64. The third-order valence-corrected chi connectivity index (χ3v) is 4.79. The van der Waals surface area contributed by atoms with Crippen molar-refractivity contribution < 1.29 is 17.9 Å². The SMILES string of the molecule is CC(=O)Nc1cncc(-c2ccc(Cl)c(N(c3ccccc3F)S(=O)[O-])c2)c1. The van der Waals surface area contributed by atoms with Crippen molar-refractivity contribution in [3.8, 4) is 11.1 Å². The lowest BCUT2D eigenvalue weighted by Gasteiger charge is -2.28. The molecule has 1 aromatic heterocycles. The predicted molar refractivity (Wildman–Crippen MR) is 106 cm³/mol. The fraction of sp³-hybridized carbons (Fsp3) is 0.0526. The number of para-hydroxylation sites is 1. The first-order chi connectivity index (χ1) is 13.4. The molecular formula is C19H14ClFN3O3S-. The fourth-order valence-electron chi connectivity index (χ4n) is 2.62. The van der Waals surface area contributed by atoms with E-state index in [9.17, 15) is 17.9 Å². The largest absolute Gasteiger partial charge is 0.755 e. The van der Waals surface area contributed by atoms with Gasteiger partial charge >= 0.3 is 0 Å². The van der Waals surface area contributed by atoms with E-state index >= 15 is 0 Å². The smallest absolute Gasteiger partial charge is 0.221 e. The zero-order valence-corrected chi connectivity index (χ0v) is 16.1. The van der Waals surface area contributed by atoms with Crippen LogP contribution in [0, 0.1) is 5.82 Å². The normalized spacial score (nSPS) is 11.7. The Morgan fingerprint density at radius 2 is 1.89 bits per heavy atom. The zero-order chi connectivity index (χ0) is 20.3. The quantitative estimate of drug-likeness (QED) is 0.621. The second-order valence-corrected chi connectivity index (χ2v) is 6.98. The van der Waals surface area contributed by atoms with Crippen molar-refractivity contribution in [2.45, 2.75) is 6.92 Å². The van der Waals surface area contributed by atoms with Crippen LogP contribution in [0.2, 0.25) is 5.02 Å². The van der Waals surface area contributed by atoms with Crippen LogP contribution in [0.15, 0.2) is 60.9 Å². The van der Waals surface area contributed by atoms with Crippen LogP contribution in [0.5, 0.6) is 0 Å². The highest BCUT2D eigenvalue weighted by Crippen LogP contribution is 2.37. The lowest BCUT2D eigenvalue weighted by atomic mass is 10.1. The third kappa shape index (κ3) is 4.36. The maximum atomic E-state index is 14.2. The summed E-state index contributed by atoms with van der Waals surface area (Å²) in [5.41, 5.74) is 1.63. The van der Waals surface area contributed by atoms with E-state index < -0.39 is 17.1 Å². The van der Waals surface area contributed by atoms with Crippen molar-refractivity contribution in [2.75, 3.05) is 9.62 Å². The summed E-state index contributed by atoms with van der Waals surface area (Å²) in [6.45, 7) is 1.38. The van der Waals surface area contributed by atoms with Crippen LogP contribution in [-0.2, 0) is 16.1 Å². The lowest BCUT2D eigenvalue weighted by molar-refractivity contribution is -0.114. The second kappa shape index (κ2) is 8.47. The van der Waals surface area contributed by atoms with Gasteiger partial charge in [0.15, 0.2) is 0 Å². The molecule has 1 unspecified atom stereocenters. The zero-order valence-electron chi connectivity index (χ0n) is 14.6. The Hall–Kier alpha value is -2.81. The van der Waals surface area contributed by atoms with Gasteiger partial charge in [0.1, 0.15) is 5.82 Å². The molecule has 9 heteroatoms. The number of rotatable bonds is 5. The molecule has 3 aromatic rings. The van der Waals surface area contributed by atoms with E-state index in [1.165, 1.54) is 43.5 Å². The van der Waals surface area contributed by atoms with E-state index in [1.807, 2.05) is 0 Å². The molecule has 144 valence electrons. The molecule has 1 atom stereocenters. The topological polar surface area (TPSA) is 85.4 Å². The molecule has 0 aliphatic heterocycles. The van der Waals surface area contributed by atoms with E-state index in [1.54, 1.807) is 18.3 Å². The Morgan fingerprint density at radius 1 is 1.14 bits per heavy atom. The highest BCUT2D eigenvalue weighted by molar-refractivity contribution is 7.81. The molecule has 0 aliphatic rings. The van der Waals surface area contributed by atoms with Crippen LogP contribution >= 0.6 is 11.6 Å². The number of benzene rings is 2. The van der Waals surface area contributed by atoms with Crippen LogP contribution in [0.1, 0.15) is 6.92 Å². The van der Waals surface area contributed by atoms with Gasteiger partial charge in [0, 0.05) is 18.7 Å². The Bertz CT molecular complexity index is 1060. The van der Waals surface area contributed by atoms with Crippen molar-refractivity contribution >= 4 is 45.8 Å². The van der Waals surface area contributed by atoms with E-state index in [2.05, 4.69) is 10.3 Å². The van der Waals surface area contributed by atoms with E-state index in [4.69, 9.17) is 11.6 Å². The average molecular weight is 419 g/mol. The molecule has 6 nitrogen and oxygen atoms in total. The van der Waals surface area contributed by atoms with Gasteiger partial charge in [-0.1, -0.05) is 29.8 Å². The standard InChI is InChI=1S/C19H15ClFN3O3S/c1-12(25)23-15-8-14(10-22-11-15)13-6-7-16(20)19(9-13)24(28(26)27)18-5-3-2-4-17(18)21/h2-11H,1H3,(H,23,25)(H,26,27)/p-1. The van der Waals surface area contributed by atoms with Crippen LogP contribution < -0.4 is 9.62 Å². The molecule has 3 rings (SSSR count). The van der Waals surface area contributed by atoms with E-state index in [-0.39, 0.29) is 22.3 Å². The summed E-state index contributed by atoms with van der Waals surface area (Å²) in [6.07, 6.45) is 3.04. The first-order valence-electron chi connectivity index (χ1n) is 8.03. The Balaban J connectivity index is 2.10. The van der Waals surface area contributed by atoms with Gasteiger partial charge in [0.25, 0.3) is 0 Å². The summed E-state index contributed by atoms with van der Waals surface area (Å²) in [7, 11) is 0. The van der Waals surface area contributed by atoms with Crippen molar-refractivity contribution in [3.63, 3.8) is 0 Å². The van der Waals surface area contributed by atoms with E-state index in [0.717, 1.165) is 10.4 Å². The molecule has 1 amide bonds. The highest BCUT2D eigenvalue weighted by atomic mass is 35.5. The van der Waals surface area contributed by atoms with Gasteiger partial charge in [0.2, 0.25) is 5.91 Å². The van der Waals surface area contributed by atoms with Crippen molar-refractivity contribution in [3.05, 3.63) is 71.8 Å². The fourth-order valence-corrected chi connectivity index (χ4v) is 3.50. The van der Waals surface area contributed by atoms with Gasteiger partial charge in [-0.15, -0.1) is 0 Å². The maximum Gasteiger partial charge on any atom is 0.221 e. The molecule has 0 aliphatic carbocycles. The number of nitrogens with one attached hydrogen (secondary N) is 1. The number of amides is 1. The number of carbonyl (C=O) groups is 1. The van der Waals surface area contributed by atoms with Crippen LogP contribution in [0.3, 0.4) is 0 Å². The first kappa shape index (κ1) is 19.9. The number of carbonyl (C=O) groups excluding carboxylic acids is 1. The number of halogens is 2. The van der Waals surface area contributed by atoms with Gasteiger partial charge in [-0.25, -0.2) is 4.39 Å². The molecule has 0 saturated heterocycles. The highest BCUT2D eigenvalue weighted by Gasteiger charge is 2.18. The van der Waals surface area contributed by atoms with Gasteiger partial charge in [-0.2, -0.15) is 0 Å². The first-order valence-corrected chi connectivity index (χ1v) is 9.44. The maximum absolute atomic E-state index is 14.2. The Kier molecular flexibility index (Phi) is 6.03. The van der Waals surface area contributed by atoms with Gasteiger partial charge in [0.05, 0.1) is 39.5 Å².